The molecule has 2 aromatic heterocycles. The number of amides is 1. The fourth-order valence-corrected chi connectivity index (χ4v) is 4.21. The third kappa shape index (κ3) is 3.91. The van der Waals surface area contributed by atoms with Gasteiger partial charge in [-0.3, -0.25) is 9.59 Å². The van der Waals surface area contributed by atoms with E-state index in [2.05, 4.69) is 20.2 Å². The van der Waals surface area contributed by atoms with Gasteiger partial charge in [0, 0.05) is 37.1 Å². The number of rotatable bonds is 6. The molecule has 3 aromatic rings. The number of benzene rings is 1. The topological polar surface area (TPSA) is 80.1 Å². The van der Waals surface area contributed by atoms with E-state index in [-0.39, 0.29) is 17.9 Å². The second-order valence-corrected chi connectivity index (χ2v) is 7.93. The maximum absolute atomic E-state index is 13.1. The largest absolute Gasteiger partial charge is 0.352 e. The predicted octanol–water partition coefficient (Wildman–Crippen LogP) is 2.47. The van der Waals surface area contributed by atoms with Crippen molar-refractivity contribution in [3.05, 3.63) is 50.7 Å². The molecule has 1 N–H and O–H groups in total. The first kappa shape index (κ1) is 18.6. The zero-order valence-corrected chi connectivity index (χ0v) is 16.7. The first-order valence-electron chi connectivity index (χ1n) is 9.54. The maximum Gasteiger partial charge on any atom is 0.294 e. The van der Waals surface area contributed by atoms with E-state index in [1.165, 1.54) is 11.3 Å². The van der Waals surface area contributed by atoms with Crippen LogP contribution < -0.4 is 15.8 Å². The van der Waals surface area contributed by atoms with Gasteiger partial charge in [-0.2, -0.15) is 0 Å². The SMILES string of the molecule is Cc1csc(CNC(=O)CCn2c(=O)c(N3CCCC3)nc3ccccc32)n1. The summed E-state index contributed by atoms with van der Waals surface area (Å²) in [7, 11) is 0. The normalized spacial score (nSPS) is 14.0. The Morgan fingerprint density at radius 3 is 2.75 bits per heavy atom. The number of nitrogens with one attached hydrogen (secondary N) is 1. The highest BCUT2D eigenvalue weighted by atomic mass is 32.1. The Morgan fingerprint density at radius 1 is 1.21 bits per heavy atom. The van der Waals surface area contributed by atoms with Crippen LogP contribution in [0.1, 0.15) is 30.0 Å². The van der Waals surface area contributed by atoms with Crippen LogP contribution >= 0.6 is 11.3 Å². The van der Waals surface area contributed by atoms with Crippen molar-refractivity contribution in [3.8, 4) is 0 Å². The van der Waals surface area contributed by atoms with E-state index in [0.717, 1.165) is 47.7 Å². The summed E-state index contributed by atoms with van der Waals surface area (Å²) in [6, 6.07) is 7.60. The Balaban J connectivity index is 1.52. The first-order valence-corrected chi connectivity index (χ1v) is 10.4. The van der Waals surface area contributed by atoms with E-state index >= 15 is 0 Å². The molecule has 146 valence electrons. The van der Waals surface area contributed by atoms with Gasteiger partial charge in [-0.1, -0.05) is 12.1 Å². The van der Waals surface area contributed by atoms with Crippen LogP contribution in [0.3, 0.4) is 0 Å². The van der Waals surface area contributed by atoms with Crippen molar-refractivity contribution < 1.29 is 4.79 Å². The molecule has 0 aliphatic carbocycles. The summed E-state index contributed by atoms with van der Waals surface area (Å²) in [6.45, 7) is 4.39. The van der Waals surface area contributed by atoms with Crippen molar-refractivity contribution in [2.45, 2.75) is 39.3 Å². The van der Waals surface area contributed by atoms with E-state index in [1.54, 1.807) is 4.57 Å². The molecule has 1 aromatic carbocycles. The van der Waals surface area contributed by atoms with Crippen LogP contribution in [-0.2, 0) is 17.9 Å². The second kappa shape index (κ2) is 8.10. The van der Waals surface area contributed by atoms with Crippen LogP contribution in [0, 0.1) is 6.92 Å². The number of para-hydroxylation sites is 2. The fourth-order valence-electron chi connectivity index (χ4n) is 3.50. The Hall–Kier alpha value is -2.74. The maximum atomic E-state index is 13.1. The molecular formula is C20H23N5O2S. The summed E-state index contributed by atoms with van der Waals surface area (Å²) < 4.78 is 1.68. The van der Waals surface area contributed by atoms with Gasteiger partial charge in [-0.05, 0) is 31.9 Å². The molecule has 4 rings (SSSR count). The number of thiazole rings is 1. The number of hydrogen-bond acceptors (Lipinski definition) is 6. The first-order chi connectivity index (χ1) is 13.6. The van der Waals surface area contributed by atoms with E-state index in [1.807, 2.05) is 36.6 Å². The highest BCUT2D eigenvalue weighted by molar-refractivity contribution is 7.09. The Bertz CT molecular complexity index is 1050. The number of carbonyl (C=O) groups excluding carboxylic acids is 1. The summed E-state index contributed by atoms with van der Waals surface area (Å²) in [6.07, 6.45) is 2.39. The minimum absolute atomic E-state index is 0.0941. The van der Waals surface area contributed by atoms with E-state index in [9.17, 15) is 9.59 Å². The molecule has 1 aliphatic rings. The molecule has 1 saturated heterocycles. The summed E-state index contributed by atoms with van der Waals surface area (Å²) in [5.41, 5.74) is 2.38. The molecule has 1 fully saturated rings. The summed E-state index contributed by atoms with van der Waals surface area (Å²) in [4.78, 5) is 36.4. The van der Waals surface area contributed by atoms with Crippen LogP contribution in [0.5, 0.6) is 0 Å². The predicted molar refractivity (Wildman–Crippen MR) is 111 cm³/mol. The van der Waals surface area contributed by atoms with Gasteiger partial charge in [0.2, 0.25) is 5.91 Å². The van der Waals surface area contributed by atoms with Crippen LogP contribution in [0.2, 0.25) is 0 Å². The highest BCUT2D eigenvalue weighted by Crippen LogP contribution is 2.18. The summed E-state index contributed by atoms with van der Waals surface area (Å²) in [5.74, 6) is 0.401. The smallest absolute Gasteiger partial charge is 0.294 e. The Morgan fingerprint density at radius 2 is 2.00 bits per heavy atom. The lowest BCUT2D eigenvalue weighted by Crippen LogP contribution is -2.33. The molecule has 7 nitrogen and oxygen atoms in total. The number of hydrogen-bond donors (Lipinski definition) is 1. The van der Waals surface area contributed by atoms with Crippen molar-refractivity contribution in [2.75, 3.05) is 18.0 Å². The molecular weight excluding hydrogens is 374 g/mol. The third-order valence-electron chi connectivity index (χ3n) is 4.91. The van der Waals surface area contributed by atoms with Gasteiger partial charge in [0.1, 0.15) is 5.01 Å². The zero-order valence-electron chi connectivity index (χ0n) is 15.9. The lowest BCUT2D eigenvalue weighted by atomic mass is 10.2. The van der Waals surface area contributed by atoms with Gasteiger partial charge in [0.15, 0.2) is 5.82 Å². The van der Waals surface area contributed by atoms with Gasteiger partial charge in [-0.15, -0.1) is 11.3 Å². The zero-order chi connectivity index (χ0) is 19.5. The minimum atomic E-state index is -0.121. The minimum Gasteiger partial charge on any atom is -0.352 e. The van der Waals surface area contributed by atoms with Gasteiger partial charge in [-0.25, -0.2) is 9.97 Å². The van der Waals surface area contributed by atoms with Gasteiger partial charge < -0.3 is 14.8 Å². The molecule has 1 aliphatic heterocycles. The van der Waals surface area contributed by atoms with Crippen LogP contribution in [-0.4, -0.2) is 33.5 Å². The number of nitrogens with zero attached hydrogens (tertiary/aromatic N) is 4. The number of anilines is 1. The van der Waals surface area contributed by atoms with Crippen LogP contribution in [0.4, 0.5) is 5.82 Å². The molecule has 0 atom stereocenters. The Kier molecular flexibility index (Phi) is 5.38. The van der Waals surface area contributed by atoms with Gasteiger partial charge in [0.25, 0.3) is 5.56 Å². The lowest BCUT2D eigenvalue weighted by molar-refractivity contribution is -0.121. The summed E-state index contributed by atoms with van der Waals surface area (Å²) in [5, 5.41) is 5.73. The molecule has 0 bridgehead atoms. The molecule has 0 unspecified atom stereocenters. The summed E-state index contributed by atoms with van der Waals surface area (Å²) >= 11 is 1.53. The fraction of sp³-hybridized carbons (Fsp3) is 0.400. The average Bonchev–Trinajstić information content (AvgIpc) is 3.37. The van der Waals surface area contributed by atoms with Crippen molar-refractivity contribution in [1.29, 1.82) is 0 Å². The van der Waals surface area contributed by atoms with Crippen molar-refractivity contribution >= 4 is 34.1 Å². The van der Waals surface area contributed by atoms with E-state index in [0.29, 0.717) is 18.9 Å². The standard InChI is InChI=1S/C20H23N5O2S/c1-14-13-28-18(22-14)12-21-17(26)8-11-25-16-7-3-2-6-15(16)23-19(20(25)27)24-9-4-5-10-24/h2-3,6-7,13H,4-5,8-12H2,1H3,(H,21,26). The van der Waals surface area contributed by atoms with Crippen molar-refractivity contribution in [3.63, 3.8) is 0 Å². The second-order valence-electron chi connectivity index (χ2n) is 6.98. The molecule has 0 radical (unpaired) electrons. The third-order valence-corrected chi connectivity index (χ3v) is 5.87. The van der Waals surface area contributed by atoms with Crippen molar-refractivity contribution in [1.82, 2.24) is 19.9 Å². The number of aromatic nitrogens is 3. The molecule has 8 heteroatoms. The molecule has 1 amide bonds. The molecule has 3 heterocycles. The number of carbonyl (C=O) groups is 1. The monoisotopic (exact) mass is 397 g/mol. The quantitative estimate of drug-likeness (QED) is 0.691. The number of fused-ring (bicyclic) bond motifs is 1. The average molecular weight is 398 g/mol. The lowest BCUT2D eigenvalue weighted by Gasteiger charge is -2.19. The van der Waals surface area contributed by atoms with E-state index in [4.69, 9.17) is 0 Å². The molecule has 0 spiro atoms. The number of aryl methyl sites for hydroxylation is 2. The molecule has 0 saturated carbocycles. The van der Waals surface area contributed by atoms with Crippen molar-refractivity contribution in [2.24, 2.45) is 0 Å². The highest BCUT2D eigenvalue weighted by Gasteiger charge is 2.20. The molecule has 28 heavy (non-hydrogen) atoms. The van der Waals surface area contributed by atoms with E-state index < -0.39 is 0 Å². The van der Waals surface area contributed by atoms with Gasteiger partial charge in [0.05, 0.1) is 17.6 Å². The Labute approximate surface area is 167 Å². The van der Waals surface area contributed by atoms with Gasteiger partial charge >= 0.3 is 0 Å². The van der Waals surface area contributed by atoms with Crippen LogP contribution in [0.15, 0.2) is 34.4 Å². The van der Waals surface area contributed by atoms with Crippen LogP contribution in [0.25, 0.3) is 11.0 Å².